The highest BCUT2D eigenvalue weighted by atomic mass is 16.3. The molecule has 1 nitrogen and oxygen atoms in total. The molecule has 4 atom stereocenters. The predicted molar refractivity (Wildman–Crippen MR) is 71.9 cm³/mol. The van der Waals surface area contributed by atoms with Crippen molar-refractivity contribution in [3.05, 3.63) is 60.7 Å². The van der Waals surface area contributed by atoms with E-state index in [2.05, 4.69) is 44.3 Å². The number of hydrogen-bond acceptors (Lipinski definition) is 1. The summed E-state index contributed by atoms with van der Waals surface area (Å²) >= 11 is 0. The summed E-state index contributed by atoms with van der Waals surface area (Å²) in [6, 6.07) is 8.43. The Balaban J connectivity index is 2.31. The van der Waals surface area contributed by atoms with Gasteiger partial charge in [-0.3, -0.25) is 0 Å². The van der Waals surface area contributed by atoms with Crippen LogP contribution >= 0.6 is 0 Å². The Morgan fingerprint density at radius 3 is 2.24 bits per heavy atom. The standard InChI is InChI=1S/C16H20O/c1-4-12-10-13(5-2)16(17)15(12)14-8-6-11(3)7-9-14/h4-9,12-13,15-17H,1-2,10H2,3H3/t12-,13+,15?,16?/m0/s1. The maximum atomic E-state index is 10.4. The monoisotopic (exact) mass is 228 g/mol. The summed E-state index contributed by atoms with van der Waals surface area (Å²) in [6.07, 6.45) is 4.46. The van der Waals surface area contributed by atoms with Crippen LogP contribution in [0.15, 0.2) is 49.6 Å². The van der Waals surface area contributed by atoms with Crippen LogP contribution in [-0.2, 0) is 0 Å². The van der Waals surface area contributed by atoms with E-state index in [1.165, 1.54) is 11.1 Å². The van der Waals surface area contributed by atoms with Crippen LogP contribution in [0.4, 0.5) is 0 Å². The molecule has 1 heteroatoms. The molecule has 0 radical (unpaired) electrons. The molecule has 0 amide bonds. The third kappa shape index (κ3) is 2.20. The van der Waals surface area contributed by atoms with Gasteiger partial charge in [-0.1, -0.05) is 42.0 Å². The highest BCUT2D eigenvalue weighted by Crippen LogP contribution is 2.44. The lowest BCUT2D eigenvalue weighted by molar-refractivity contribution is 0.133. The van der Waals surface area contributed by atoms with Gasteiger partial charge in [0.25, 0.3) is 0 Å². The Morgan fingerprint density at radius 2 is 1.71 bits per heavy atom. The molecular formula is C16H20O. The van der Waals surface area contributed by atoms with Gasteiger partial charge in [-0.15, -0.1) is 13.2 Å². The normalized spacial score (nSPS) is 32.4. The van der Waals surface area contributed by atoms with Gasteiger partial charge in [-0.2, -0.15) is 0 Å². The van der Waals surface area contributed by atoms with Crippen LogP contribution in [0.3, 0.4) is 0 Å². The molecule has 0 heterocycles. The highest BCUT2D eigenvalue weighted by molar-refractivity contribution is 5.29. The molecule has 1 aliphatic rings. The topological polar surface area (TPSA) is 20.2 Å². The fraction of sp³-hybridized carbons (Fsp3) is 0.375. The van der Waals surface area contributed by atoms with Gasteiger partial charge in [0.1, 0.15) is 0 Å². The van der Waals surface area contributed by atoms with Gasteiger partial charge in [-0.05, 0) is 24.8 Å². The van der Waals surface area contributed by atoms with Crippen molar-refractivity contribution in [2.45, 2.75) is 25.4 Å². The summed E-state index contributed by atoms with van der Waals surface area (Å²) in [5.41, 5.74) is 2.45. The van der Waals surface area contributed by atoms with Crippen LogP contribution in [0.2, 0.25) is 0 Å². The molecule has 2 unspecified atom stereocenters. The van der Waals surface area contributed by atoms with Crippen molar-refractivity contribution >= 4 is 0 Å². The van der Waals surface area contributed by atoms with Crippen molar-refractivity contribution in [3.8, 4) is 0 Å². The van der Waals surface area contributed by atoms with E-state index in [-0.39, 0.29) is 17.9 Å². The lowest BCUT2D eigenvalue weighted by Gasteiger charge is -2.21. The van der Waals surface area contributed by atoms with E-state index in [4.69, 9.17) is 0 Å². The molecule has 0 bridgehead atoms. The third-order valence-corrected chi connectivity index (χ3v) is 3.88. The number of aliphatic hydroxyl groups excluding tert-OH is 1. The minimum absolute atomic E-state index is 0.163. The summed E-state index contributed by atoms with van der Waals surface area (Å²) in [5, 5.41) is 10.4. The Hall–Kier alpha value is -1.34. The van der Waals surface area contributed by atoms with Gasteiger partial charge in [-0.25, -0.2) is 0 Å². The van der Waals surface area contributed by atoms with Crippen LogP contribution in [0.1, 0.15) is 23.5 Å². The van der Waals surface area contributed by atoms with Crippen LogP contribution in [0.25, 0.3) is 0 Å². The molecule has 1 aromatic rings. The molecule has 1 N–H and O–H groups in total. The minimum atomic E-state index is -0.335. The molecule has 0 saturated heterocycles. The predicted octanol–water partition coefficient (Wildman–Crippen LogP) is 3.45. The maximum Gasteiger partial charge on any atom is 0.0676 e. The summed E-state index contributed by atoms with van der Waals surface area (Å²) in [7, 11) is 0. The number of allylic oxidation sites excluding steroid dienone is 1. The zero-order valence-corrected chi connectivity index (χ0v) is 10.3. The average molecular weight is 228 g/mol. The summed E-state index contributed by atoms with van der Waals surface area (Å²) in [6.45, 7) is 9.78. The van der Waals surface area contributed by atoms with Gasteiger partial charge in [0.15, 0.2) is 0 Å². The molecule has 0 spiro atoms. The number of rotatable bonds is 3. The first-order valence-electron chi connectivity index (χ1n) is 6.17. The summed E-state index contributed by atoms with van der Waals surface area (Å²) in [5.74, 6) is 0.691. The molecule has 1 aliphatic carbocycles. The highest BCUT2D eigenvalue weighted by Gasteiger charge is 2.40. The smallest absolute Gasteiger partial charge is 0.0676 e. The van der Waals surface area contributed by atoms with E-state index < -0.39 is 0 Å². The van der Waals surface area contributed by atoms with Crippen molar-refractivity contribution in [1.29, 1.82) is 0 Å². The fourth-order valence-corrected chi connectivity index (χ4v) is 2.83. The molecule has 0 aromatic heterocycles. The van der Waals surface area contributed by atoms with Crippen molar-refractivity contribution in [1.82, 2.24) is 0 Å². The van der Waals surface area contributed by atoms with Gasteiger partial charge >= 0.3 is 0 Å². The largest absolute Gasteiger partial charge is 0.392 e. The van der Waals surface area contributed by atoms with Crippen LogP contribution < -0.4 is 0 Å². The van der Waals surface area contributed by atoms with E-state index in [1.807, 2.05) is 12.2 Å². The first-order chi connectivity index (χ1) is 8.17. The van der Waals surface area contributed by atoms with Gasteiger partial charge in [0, 0.05) is 11.8 Å². The maximum absolute atomic E-state index is 10.4. The second-order valence-corrected chi connectivity index (χ2v) is 4.96. The van der Waals surface area contributed by atoms with Gasteiger partial charge < -0.3 is 5.11 Å². The Labute approximate surface area is 103 Å². The van der Waals surface area contributed by atoms with Crippen LogP contribution in [-0.4, -0.2) is 11.2 Å². The van der Waals surface area contributed by atoms with Crippen LogP contribution in [0, 0.1) is 18.8 Å². The lowest BCUT2D eigenvalue weighted by Crippen LogP contribution is -2.20. The number of aryl methyl sites for hydroxylation is 1. The second-order valence-electron chi connectivity index (χ2n) is 4.96. The molecular weight excluding hydrogens is 208 g/mol. The molecule has 1 fully saturated rings. The van der Waals surface area contributed by atoms with Crippen molar-refractivity contribution < 1.29 is 5.11 Å². The average Bonchev–Trinajstić information content (AvgIpc) is 2.67. The van der Waals surface area contributed by atoms with E-state index in [1.54, 1.807) is 0 Å². The van der Waals surface area contributed by atoms with E-state index in [0.29, 0.717) is 5.92 Å². The van der Waals surface area contributed by atoms with E-state index in [9.17, 15) is 5.11 Å². The number of hydrogen-bond donors (Lipinski definition) is 1. The lowest BCUT2D eigenvalue weighted by atomic mass is 9.87. The molecule has 0 aliphatic heterocycles. The van der Waals surface area contributed by atoms with E-state index >= 15 is 0 Å². The van der Waals surface area contributed by atoms with Gasteiger partial charge in [0.2, 0.25) is 0 Å². The second kappa shape index (κ2) is 4.89. The van der Waals surface area contributed by atoms with Gasteiger partial charge in [0.05, 0.1) is 6.10 Å². The zero-order chi connectivity index (χ0) is 12.4. The quantitative estimate of drug-likeness (QED) is 0.786. The molecule has 17 heavy (non-hydrogen) atoms. The zero-order valence-electron chi connectivity index (χ0n) is 10.3. The fourth-order valence-electron chi connectivity index (χ4n) is 2.83. The Kier molecular flexibility index (Phi) is 3.49. The van der Waals surface area contributed by atoms with Crippen molar-refractivity contribution in [2.75, 3.05) is 0 Å². The van der Waals surface area contributed by atoms with Crippen molar-refractivity contribution in [2.24, 2.45) is 11.8 Å². The van der Waals surface area contributed by atoms with E-state index in [0.717, 1.165) is 6.42 Å². The molecule has 2 rings (SSSR count). The Bertz CT molecular complexity index is 404. The molecule has 1 saturated carbocycles. The number of benzene rings is 1. The minimum Gasteiger partial charge on any atom is -0.392 e. The summed E-state index contributed by atoms with van der Waals surface area (Å²) < 4.78 is 0. The third-order valence-electron chi connectivity index (χ3n) is 3.88. The molecule has 1 aromatic carbocycles. The first kappa shape index (κ1) is 12.1. The molecule has 90 valence electrons. The Morgan fingerprint density at radius 1 is 1.12 bits per heavy atom. The number of aliphatic hydroxyl groups is 1. The first-order valence-corrected chi connectivity index (χ1v) is 6.17. The SMILES string of the molecule is C=C[C@@H]1C[C@H](C=C)C(c2ccc(C)cc2)C1O. The summed E-state index contributed by atoms with van der Waals surface area (Å²) in [4.78, 5) is 0. The van der Waals surface area contributed by atoms with Crippen molar-refractivity contribution in [3.63, 3.8) is 0 Å². The van der Waals surface area contributed by atoms with Crippen LogP contribution in [0.5, 0.6) is 0 Å².